The number of anilines is 1. The molecule has 4 aromatic rings. The number of sulfonamides is 1. The molecular weight excluding hydrogens is 558 g/mol. The summed E-state index contributed by atoms with van der Waals surface area (Å²) >= 11 is 6.09. The predicted molar refractivity (Wildman–Crippen MR) is 162 cm³/mol. The number of hydrogen-bond acceptors (Lipinski definition) is 4. The van der Waals surface area contributed by atoms with Crippen molar-refractivity contribution in [3.05, 3.63) is 131 Å². The molecule has 0 aliphatic carbocycles. The van der Waals surface area contributed by atoms with Gasteiger partial charge < -0.3 is 10.2 Å². The summed E-state index contributed by atoms with van der Waals surface area (Å²) in [6.07, 6.45) is 0.254. The summed E-state index contributed by atoms with van der Waals surface area (Å²) in [5.41, 5.74) is 3.02. The summed E-state index contributed by atoms with van der Waals surface area (Å²) in [5.74, 6) is -0.872. The fourth-order valence-corrected chi connectivity index (χ4v) is 6.03. The first kappa shape index (κ1) is 29.8. The summed E-state index contributed by atoms with van der Waals surface area (Å²) in [5, 5.41) is 3.11. The van der Waals surface area contributed by atoms with Gasteiger partial charge in [-0.2, -0.15) is 0 Å². The molecule has 0 fully saturated rings. The molecule has 212 valence electrons. The van der Waals surface area contributed by atoms with E-state index in [1.165, 1.54) is 24.1 Å². The molecule has 4 aromatic carbocycles. The third-order valence-electron chi connectivity index (χ3n) is 6.72. The first-order valence-corrected chi connectivity index (χ1v) is 14.9. The summed E-state index contributed by atoms with van der Waals surface area (Å²) in [7, 11) is -2.62. The number of carbonyl (C=O) groups excluding carboxylic acids is 2. The molecule has 0 aliphatic rings. The van der Waals surface area contributed by atoms with Crippen LogP contribution in [0.1, 0.15) is 16.7 Å². The lowest BCUT2D eigenvalue weighted by molar-refractivity contribution is -0.139. The zero-order valence-corrected chi connectivity index (χ0v) is 24.5. The van der Waals surface area contributed by atoms with Crippen LogP contribution >= 0.6 is 11.6 Å². The average Bonchev–Trinajstić information content (AvgIpc) is 2.99. The Bertz CT molecular complexity index is 1560. The zero-order valence-electron chi connectivity index (χ0n) is 22.9. The lowest BCUT2D eigenvalue weighted by Gasteiger charge is -2.33. The standard InChI is InChI=1S/C32H32ClN3O4S/c1-24-13-15-26(16-14-24)22-35(30(32(38)34-2)21-25-9-5-3-6-10-25)31(37)23-36(28-19-17-27(33)18-20-28)41(39,40)29-11-7-4-8-12-29/h3-20,30H,21-23H2,1-2H3,(H,34,38)/t30-/m1/s1. The Labute approximate surface area is 246 Å². The van der Waals surface area contributed by atoms with Crippen LogP contribution in [-0.2, 0) is 32.6 Å². The topological polar surface area (TPSA) is 86.8 Å². The lowest BCUT2D eigenvalue weighted by Crippen LogP contribution is -2.53. The Balaban J connectivity index is 1.77. The van der Waals surface area contributed by atoms with Crippen LogP contribution < -0.4 is 9.62 Å². The second-order valence-electron chi connectivity index (χ2n) is 9.63. The number of hydrogen-bond donors (Lipinski definition) is 1. The Morgan fingerprint density at radius 3 is 1.98 bits per heavy atom. The molecule has 0 heterocycles. The van der Waals surface area contributed by atoms with E-state index in [9.17, 15) is 18.0 Å². The predicted octanol–water partition coefficient (Wildman–Crippen LogP) is 5.23. The number of likely N-dealkylation sites (N-methyl/N-ethyl adjacent to an activating group) is 1. The average molecular weight is 590 g/mol. The Hall–Kier alpha value is -4.14. The summed E-state index contributed by atoms with van der Waals surface area (Å²) < 4.78 is 28.8. The van der Waals surface area contributed by atoms with E-state index >= 15 is 0 Å². The highest BCUT2D eigenvalue weighted by atomic mass is 35.5. The van der Waals surface area contributed by atoms with Crippen molar-refractivity contribution in [3.8, 4) is 0 Å². The molecule has 0 bridgehead atoms. The van der Waals surface area contributed by atoms with E-state index < -0.39 is 28.5 Å². The minimum Gasteiger partial charge on any atom is -0.357 e. The van der Waals surface area contributed by atoms with E-state index in [1.807, 2.05) is 61.5 Å². The van der Waals surface area contributed by atoms with E-state index in [0.29, 0.717) is 5.02 Å². The van der Waals surface area contributed by atoms with Gasteiger partial charge in [-0.25, -0.2) is 8.42 Å². The van der Waals surface area contributed by atoms with E-state index in [2.05, 4.69) is 5.32 Å². The molecule has 0 aliphatic heterocycles. The van der Waals surface area contributed by atoms with Crippen LogP contribution in [0.25, 0.3) is 0 Å². The fourth-order valence-electron chi connectivity index (χ4n) is 4.47. The Kier molecular flexibility index (Phi) is 9.81. The molecular formula is C32H32ClN3O4S. The van der Waals surface area contributed by atoms with Crippen molar-refractivity contribution < 1.29 is 18.0 Å². The minimum absolute atomic E-state index is 0.0416. The van der Waals surface area contributed by atoms with Gasteiger partial charge >= 0.3 is 0 Å². The van der Waals surface area contributed by atoms with Crippen molar-refractivity contribution in [2.45, 2.75) is 30.8 Å². The highest BCUT2D eigenvalue weighted by Gasteiger charge is 2.34. The molecule has 4 rings (SSSR count). The molecule has 7 nitrogen and oxygen atoms in total. The summed E-state index contributed by atoms with van der Waals surface area (Å²) in [6, 6.07) is 30.4. The van der Waals surface area contributed by atoms with Crippen molar-refractivity contribution in [2.24, 2.45) is 0 Å². The van der Waals surface area contributed by atoms with Crippen molar-refractivity contribution in [1.82, 2.24) is 10.2 Å². The molecule has 9 heteroatoms. The van der Waals surface area contributed by atoms with Crippen molar-refractivity contribution in [3.63, 3.8) is 0 Å². The monoisotopic (exact) mass is 589 g/mol. The molecule has 0 spiro atoms. The van der Waals surface area contributed by atoms with Crippen LogP contribution in [0.5, 0.6) is 0 Å². The number of nitrogens with zero attached hydrogens (tertiary/aromatic N) is 2. The lowest BCUT2D eigenvalue weighted by atomic mass is 10.0. The smallest absolute Gasteiger partial charge is 0.264 e. The maximum atomic E-state index is 14.2. The molecule has 0 saturated heterocycles. The number of aryl methyl sites for hydroxylation is 1. The number of benzene rings is 4. The first-order chi connectivity index (χ1) is 19.7. The van der Waals surface area contributed by atoms with Gasteiger partial charge in [0.1, 0.15) is 12.6 Å². The molecule has 41 heavy (non-hydrogen) atoms. The second kappa shape index (κ2) is 13.5. The number of carbonyl (C=O) groups is 2. The molecule has 1 atom stereocenters. The molecule has 0 unspecified atom stereocenters. The molecule has 2 amide bonds. The van der Waals surface area contributed by atoms with Crippen LogP contribution in [0.3, 0.4) is 0 Å². The van der Waals surface area contributed by atoms with E-state index in [4.69, 9.17) is 11.6 Å². The van der Waals surface area contributed by atoms with Gasteiger partial charge in [0.15, 0.2) is 0 Å². The van der Waals surface area contributed by atoms with E-state index in [0.717, 1.165) is 21.0 Å². The number of halogens is 1. The second-order valence-corrected chi connectivity index (χ2v) is 11.9. The van der Waals surface area contributed by atoms with Gasteiger partial charge in [0.05, 0.1) is 10.6 Å². The molecule has 0 saturated carbocycles. The Morgan fingerprint density at radius 1 is 0.805 bits per heavy atom. The quantitative estimate of drug-likeness (QED) is 0.260. The number of nitrogens with one attached hydrogen (secondary N) is 1. The SMILES string of the molecule is CNC(=O)[C@@H](Cc1ccccc1)N(Cc1ccc(C)cc1)C(=O)CN(c1ccc(Cl)cc1)S(=O)(=O)c1ccccc1. The summed E-state index contributed by atoms with van der Waals surface area (Å²) in [6.45, 7) is 1.56. The van der Waals surface area contributed by atoms with Gasteiger partial charge in [0, 0.05) is 25.0 Å². The first-order valence-electron chi connectivity index (χ1n) is 13.1. The van der Waals surface area contributed by atoms with Crippen LogP contribution in [0.4, 0.5) is 5.69 Å². The zero-order chi connectivity index (χ0) is 29.4. The van der Waals surface area contributed by atoms with Crippen molar-refractivity contribution in [1.29, 1.82) is 0 Å². The Morgan fingerprint density at radius 2 is 1.39 bits per heavy atom. The van der Waals surface area contributed by atoms with Crippen molar-refractivity contribution in [2.75, 3.05) is 17.9 Å². The highest BCUT2D eigenvalue weighted by molar-refractivity contribution is 7.92. The van der Waals surface area contributed by atoms with Gasteiger partial charge in [-0.1, -0.05) is 90.0 Å². The maximum absolute atomic E-state index is 14.2. The number of amides is 2. The largest absolute Gasteiger partial charge is 0.357 e. The number of rotatable bonds is 11. The van der Waals surface area contributed by atoms with E-state index in [1.54, 1.807) is 42.5 Å². The van der Waals surface area contributed by atoms with Gasteiger partial charge in [-0.3, -0.25) is 13.9 Å². The van der Waals surface area contributed by atoms with E-state index in [-0.39, 0.29) is 29.5 Å². The van der Waals surface area contributed by atoms with Gasteiger partial charge in [0.2, 0.25) is 11.8 Å². The van der Waals surface area contributed by atoms with Crippen molar-refractivity contribution >= 4 is 39.1 Å². The maximum Gasteiger partial charge on any atom is 0.264 e. The molecule has 0 aromatic heterocycles. The third-order valence-corrected chi connectivity index (χ3v) is 8.76. The van der Waals surface area contributed by atoms with Gasteiger partial charge in [0.25, 0.3) is 10.0 Å². The minimum atomic E-state index is -4.14. The van der Waals surface area contributed by atoms with Gasteiger partial charge in [-0.05, 0) is 54.4 Å². The molecule has 1 N–H and O–H groups in total. The highest BCUT2D eigenvalue weighted by Crippen LogP contribution is 2.26. The molecule has 0 radical (unpaired) electrons. The summed E-state index contributed by atoms with van der Waals surface area (Å²) in [4.78, 5) is 29.0. The van der Waals surface area contributed by atoms with Crippen LogP contribution in [0, 0.1) is 6.92 Å². The normalized spacial score (nSPS) is 11.9. The van der Waals surface area contributed by atoms with Crippen LogP contribution in [-0.4, -0.2) is 44.8 Å². The van der Waals surface area contributed by atoms with Gasteiger partial charge in [-0.15, -0.1) is 0 Å². The van der Waals surface area contributed by atoms with Crippen LogP contribution in [0.2, 0.25) is 5.02 Å². The fraction of sp³-hybridized carbons (Fsp3) is 0.188. The third kappa shape index (κ3) is 7.54. The van der Waals surface area contributed by atoms with Crippen LogP contribution in [0.15, 0.2) is 114 Å².